The zero-order valence-electron chi connectivity index (χ0n) is 12.7. The first kappa shape index (κ1) is 16.1. The molecule has 0 spiro atoms. The predicted molar refractivity (Wildman–Crippen MR) is 81.9 cm³/mol. The zero-order chi connectivity index (χ0) is 15.6. The van der Waals surface area contributed by atoms with Crippen molar-refractivity contribution in [3.63, 3.8) is 0 Å². The average Bonchev–Trinajstić information content (AvgIpc) is 2.84. The molecule has 0 aromatic heterocycles. The zero-order valence-corrected chi connectivity index (χ0v) is 13.6. The molecule has 1 aromatic carbocycles. The van der Waals surface area contributed by atoms with Crippen LogP contribution in [0.3, 0.4) is 0 Å². The van der Waals surface area contributed by atoms with E-state index in [2.05, 4.69) is 4.90 Å². The van der Waals surface area contributed by atoms with Gasteiger partial charge in [0.15, 0.2) is 5.78 Å². The fourth-order valence-electron chi connectivity index (χ4n) is 2.65. The summed E-state index contributed by atoms with van der Waals surface area (Å²) in [5.41, 5.74) is 0.520. The van der Waals surface area contributed by atoms with Crippen LogP contribution in [0.1, 0.15) is 30.1 Å². The Morgan fingerprint density at radius 1 is 1.33 bits per heavy atom. The highest BCUT2D eigenvalue weighted by Gasteiger charge is 2.28. The molecule has 1 saturated heterocycles. The quantitative estimate of drug-likeness (QED) is 0.775. The maximum absolute atomic E-state index is 12.5. The number of sulfonamides is 1. The van der Waals surface area contributed by atoms with Gasteiger partial charge in [0.1, 0.15) is 0 Å². The van der Waals surface area contributed by atoms with Crippen LogP contribution in [0.5, 0.6) is 0 Å². The van der Waals surface area contributed by atoms with Gasteiger partial charge >= 0.3 is 0 Å². The molecular weight excluding hydrogens is 288 g/mol. The van der Waals surface area contributed by atoms with E-state index in [-0.39, 0.29) is 16.7 Å². The van der Waals surface area contributed by atoms with Crippen LogP contribution >= 0.6 is 0 Å². The van der Waals surface area contributed by atoms with Crippen molar-refractivity contribution < 1.29 is 13.2 Å². The Bertz CT molecular complexity index is 610. The second-order valence-corrected chi connectivity index (χ2v) is 7.69. The third-order valence-electron chi connectivity index (χ3n) is 4.11. The number of rotatable bonds is 5. The van der Waals surface area contributed by atoms with Gasteiger partial charge in [0.05, 0.1) is 4.90 Å². The largest absolute Gasteiger partial charge is 0.302 e. The van der Waals surface area contributed by atoms with E-state index < -0.39 is 10.0 Å². The molecule has 1 aliphatic rings. The third-order valence-corrected chi connectivity index (χ3v) is 5.95. The summed E-state index contributed by atoms with van der Waals surface area (Å²) in [7, 11) is 0.142. The fourth-order valence-corrected chi connectivity index (χ4v) is 3.85. The van der Waals surface area contributed by atoms with Gasteiger partial charge in [-0.2, -0.15) is 4.31 Å². The summed E-state index contributed by atoms with van der Waals surface area (Å²) < 4.78 is 26.5. The van der Waals surface area contributed by atoms with Gasteiger partial charge in [-0.15, -0.1) is 0 Å². The number of Topliss-reactive ketones (excluding diaryl/α,β-unsaturated/α-hetero) is 1. The van der Waals surface area contributed by atoms with E-state index in [4.69, 9.17) is 0 Å². The summed E-state index contributed by atoms with van der Waals surface area (Å²) in [6, 6.07) is 6.40. The maximum Gasteiger partial charge on any atom is 0.242 e. The molecule has 1 aliphatic heterocycles. The van der Waals surface area contributed by atoms with Gasteiger partial charge in [-0.3, -0.25) is 4.79 Å². The fraction of sp³-hybridized carbons (Fsp3) is 0.533. The molecular formula is C15H22N2O3S. The molecule has 0 amide bonds. The molecule has 1 fully saturated rings. The summed E-state index contributed by atoms with van der Waals surface area (Å²) in [4.78, 5) is 13.7. The summed E-state index contributed by atoms with van der Waals surface area (Å²) in [6.45, 7) is 2.98. The molecule has 1 heterocycles. The van der Waals surface area contributed by atoms with Crippen LogP contribution in [0, 0.1) is 0 Å². The molecule has 0 saturated carbocycles. The van der Waals surface area contributed by atoms with E-state index in [0.29, 0.717) is 12.1 Å². The highest BCUT2D eigenvalue weighted by Crippen LogP contribution is 2.20. The SMILES string of the molecule is CC(=O)c1ccc(S(=O)(=O)N(C)CC2CCCN2C)cc1. The highest BCUT2D eigenvalue weighted by molar-refractivity contribution is 7.89. The second kappa shape index (κ2) is 6.25. The van der Waals surface area contributed by atoms with Crippen molar-refractivity contribution in [2.45, 2.75) is 30.7 Å². The van der Waals surface area contributed by atoms with Gasteiger partial charge in [0, 0.05) is 25.2 Å². The summed E-state index contributed by atoms with van der Waals surface area (Å²) >= 11 is 0. The number of hydrogen-bond acceptors (Lipinski definition) is 4. The standard InChI is InChI=1S/C15H22N2O3S/c1-12(18)13-6-8-15(9-7-13)21(19,20)17(3)11-14-5-4-10-16(14)2/h6-9,14H,4-5,10-11H2,1-3H3. The summed E-state index contributed by atoms with van der Waals surface area (Å²) in [5, 5.41) is 0. The monoisotopic (exact) mass is 310 g/mol. The molecule has 0 N–H and O–H groups in total. The molecule has 1 atom stereocenters. The Morgan fingerprint density at radius 2 is 1.95 bits per heavy atom. The van der Waals surface area contributed by atoms with Crippen molar-refractivity contribution in [3.05, 3.63) is 29.8 Å². The van der Waals surface area contributed by atoms with E-state index in [9.17, 15) is 13.2 Å². The van der Waals surface area contributed by atoms with Crippen molar-refractivity contribution in [1.82, 2.24) is 9.21 Å². The van der Waals surface area contributed by atoms with Gasteiger partial charge in [-0.05, 0) is 45.5 Å². The van der Waals surface area contributed by atoms with Crippen LogP contribution in [0.2, 0.25) is 0 Å². The molecule has 1 unspecified atom stereocenters. The summed E-state index contributed by atoms with van der Waals surface area (Å²) in [5.74, 6) is -0.0696. The smallest absolute Gasteiger partial charge is 0.242 e. The van der Waals surface area contributed by atoms with Gasteiger partial charge in [0.25, 0.3) is 0 Å². The number of hydrogen-bond donors (Lipinski definition) is 0. The summed E-state index contributed by atoms with van der Waals surface area (Å²) in [6.07, 6.45) is 2.14. The number of benzene rings is 1. The van der Waals surface area contributed by atoms with E-state index in [1.54, 1.807) is 19.2 Å². The van der Waals surface area contributed by atoms with Crippen molar-refractivity contribution >= 4 is 15.8 Å². The number of nitrogens with zero attached hydrogens (tertiary/aromatic N) is 2. The molecule has 6 heteroatoms. The van der Waals surface area contributed by atoms with E-state index in [1.165, 1.54) is 23.4 Å². The van der Waals surface area contributed by atoms with Crippen LogP contribution in [0.15, 0.2) is 29.2 Å². The minimum absolute atomic E-state index is 0.0696. The Labute approximate surface area is 126 Å². The Kier molecular flexibility index (Phi) is 4.81. The van der Waals surface area contributed by atoms with Crippen LogP contribution in [-0.4, -0.2) is 56.6 Å². The number of carbonyl (C=O) groups is 1. The van der Waals surface area contributed by atoms with Crippen molar-refractivity contribution in [2.75, 3.05) is 27.2 Å². The van der Waals surface area contributed by atoms with Crippen LogP contribution in [-0.2, 0) is 10.0 Å². The Balaban J connectivity index is 2.14. The Hall–Kier alpha value is -1.24. The van der Waals surface area contributed by atoms with Gasteiger partial charge in [-0.1, -0.05) is 12.1 Å². The number of carbonyl (C=O) groups excluding carboxylic acids is 1. The molecule has 0 bridgehead atoms. The van der Waals surface area contributed by atoms with Gasteiger partial charge in [0.2, 0.25) is 10.0 Å². The maximum atomic E-state index is 12.5. The molecule has 0 aliphatic carbocycles. The van der Waals surface area contributed by atoms with Crippen LogP contribution in [0.25, 0.3) is 0 Å². The lowest BCUT2D eigenvalue weighted by Crippen LogP contribution is -2.39. The average molecular weight is 310 g/mol. The van der Waals surface area contributed by atoms with Crippen LogP contribution < -0.4 is 0 Å². The molecule has 116 valence electrons. The van der Waals surface area contributed by atoms with E-state index in [0.717, 1.165) is 19.4 Å². The van der Waals surface area contributed by atoms with Crippen molar-refractivity contribution in [1.29, 1.82) is 0 Å². The molecule has 1 aromatic rings. The second-order valence-electron chi connectivity index (χ2n) is 5.64. The van der Waals surface area contributed by atoms with Gasteiger partial charge in [-0.25, -0.2) is 8.42 Å². The minimum atomic E-state index is -3.50. The minimum Gasteiger partial charge on any atom is -0.302 e. The number of likely N-dealkylation sites (N-methyl/N-ethyl adjacent to an activating group) is 2. The topological polar surface area (TPSA) is 57.7 Å². The van der Waals surface area contributed by atoms with Crippen molar-refractivity contribution in [3.8, 4) is 0 Å². The highest BCUT2D eigenvalue weighted by atomic mass is 32.2. The molecule has 5 nitrogen and oxygen atoms in total. The first-order chi connectivity index (χ1) is 9.82. The van der Waals surface area contributed by atoms with Crippen LogP contribution in [0.4, 0.5) is 0 Å². The lowest BCUT2D eigenvalue weighted by atomic mass is 10.2. The van der Waals surface area contributed by atoms with Gasteiger partial charge < -0.3 is 4.90 Å². The van der Waals surface area contributed by atoms with Crippen molar-refractivity contribution in [2.24, 2.45) is 0 Å². The molecule has 0 radical (unpaired) electrons. The molecule has 2 rings (SSSR count). The number of ketones is 1. The Morgan fingerprint density at radius 3 is 2.43 bits per heavy atom. The normalized spacial score (nSPS) is 20.1. The lowest BCUT2D eigenvalue weighted by Gasteiger charge is -2.25. The third kappa shape index (κ3) is 3.51. The first-order valence-corrected chi connectivity index (χ1v) is 8.54. The lowest BCUT2D eigenvalue weighted by molar-refractivity contribution is 0.101. The predicted octanol–water partition coefficient (Wildman–Crippen LogP) is 1.60. The molecule has 21 heavy (non-hydrogen) atoms. The van der Waals surface area contributed by atoms with E-state index in [1.807, 2.05) is 7.05 Å². The number of likely N-dealkylation sites (tertiary alicyclic amines) is 1. The van der Waals surface area contributed by atoms with E-state index >= 15 is 0 Å². The first-order valence-electron chi connectivity index (χ1n) is 7.10.